The van der Waals surface area contributed by atoms with Crippen LogP contribution in [0.2, 0.25) is 0 Å². The number of hydrogen-bond acceptors (Lipinski definition) is 2. The summed E-state index contributed by atoms with van der Waals surface area (Å²) in [4.78, 5) is 0. The fourth-order valence-corrected chi connectivity index (χ4v) is 2.70. The van der Waals surface area contributed by atoms with Crippen molar-refractivity contribution in [3.8, 4) is 0 Å². The minimum Gasteiger partial charge on any atom is -0.215 e. The van der Waals surface area contributed by atoms with Gasteiger partial charge < -0.3 is 0 Å². The van der Waals surface area contributed by atoms with Crippen molar-refractivity contribution >= 4 is 10.9 Å². The van der Waals surface area contributed by atoms with Gasteiger partial charge in [-0.2, -0.15) is 0 Å². The summed E-state index contributed by atoms with van der Waals surface area (Å²) >= 11 is 0. The van der Waals surface area contributed by atoms with Gasteiger partial charge in [-0.05, 0) is 42.5 Å². The average Bonchev–Trinajstić information content (AvgIpc) is 2.56. The SMILES string of the molecule is Cc1ccc(F)c2c1C(N[SH](=O)=O)CC2. The highest BCUT2D eigenvalue weighted by Gasteiger charge is 2.26. The van der Waals surface area contributed by atoms with Gasteiger partial charge in [-0.3, -0.25) is 0 Å². The maximum Gasteiger partial charge on any atom is 0.201 e. The molecule has 0 heterocycles. The summed E-state index contributed by atoms with van der Waals surface area (Å²) in [5, 5.41) is 0. The Morgan fingerprint density at radius 1 is 1.47 bits per heavy atom. The average molecular weight is 229 g/mol. The molecule has 5 heteroatoms. The Morgan fingerprint density at radius 2 is 2.20 bits per heavy atom. The zero-order valence-electron chi connectivity index (χ0n) is 8.29. The summed E-state index contributed by atoms with van der Waals surface area (Å²) in [5.74, 6) is -0.235. The Bertz CT molecular complexity index is 463. The van der Waals surface area contributed by atoms with E-state index in [1.807, 2.05) is 6.92 Å². The fraction of sp³-hybridized carbons (Fsp3) is 0.400. The number of halogens is 1. The zero-order valence-corrected chi connectivity index (χ0v) is 9.18. The van der Waals surface area contributed by atoms with Gasteiger partial charge in [0.25, 0.3) is 0 Å². The molecule has 1 atom stereocenters. The van der Waals surface area contributed by atoms with Gasteiger partial charge in [0.15, 0.2) is 0 Å². The van der Waals surface area contributed by atoms with E-state index in [0.717, 1.165) is 11.1 Å². The normalized spacial score (nSPS) is 19.5. The van der Waals surface area contributed by atoms with Crippen molar-refractivity contribution < 1.29 is 12.8 Å². The molecule has 1 aromatic carbocycles. The smallest absolute Gasteiger partial charge is 0.201 e. The molecule has 0 aromatic heterocycles. The summed E-state index contributed by atoms with van der Waals surface area (Å²) in [6.07, 6.45) is 1.24. The second kappa shape index (κ2) is 3.90. The second-order valence-corrected chi connectivity index (χ2v) is 4.51. The van der Waals surface area contributed by atoms with Gasteiger partial charge in [0.1, 0.15) is 5.82 Å². The molecule has 15 heavy (non-hydrogen) atoms. The summed E-state index contributed by atoms with van der Waals surface area (Å²) in [6.45, 7) is 1.87. The van der Waals surface area contributed by atoms with Crippen LogP contribution in [0, 0.1) is 12.7 Å². The van der Waals surface area contributed by atoms with Crippen LogP contribution in [-0.2, 0) is 17.3 Å². The molecule has 1 aliphatic rings. The summed E-state index contributed by atoms with van der Waals surface area (Å²) in [7, 11) is -2.63. The maximum atomic E-state index is 13.4. The van der Waals surface area contributed by atoms with Crippen molar-refractivity contribution in [2.75, 3.05) is 0 Å². The van der Waals surface area contributed by atoms with E-state index in [2.05, 4.69) is 4.72 Å². The van der Waals surface area contributed by atoms with Crippen molar-refractivity contribution in [1.82, 2.24) is 4.72 Å². The van der Waals surface area contributed by atoms with Crippen LogP contribution in [0.3, 0.4) is 0 Å². The predicted molar refractivity (Wildman–Crippen MR) is 55.6 cm³/mol. The van der Waals surface area contributed by atoms with Crippen molar-refractivity contribution in [2.45, 2.75) is 25.8 Å². The third kappa shape index (κ3) is 1.89. The molecular formula is C10H12FNO2S. The van der Waals surface area contributed by atoms with Crippen LogP contribution in [0.4, 0.5) is 4.39 Å². The van der Waals surface area contributed by atoms with Crippen LogP contribution in [-0.4, -0.2) is 8.42 Å². The minimum atomic E-state index is -2.63. The molecule has 0 amide bonds. The Labute approximate surface area is 89.4 Å². The van der Waals surface area contributed by atoms with Gasteiger partial charge in [-0.1, -0.05) is 6.07 Å². The molecule has 1 N–H and O–H groups in total. The van der Waals surface area contributed by atoms with E-state index in [1.54, 1.807) is 6.07 Å². The first kappa shape index (κ1) is 10.6. The van der Waals surface area contributed by atoms with Crippen molar-refractivity contribution in [3.63, 3.8) is 0 Å². The molecule has 0 spiro atoms. The van der Waals surface area contributed by atoms with Crippen LogP contribution in [0.5, 0.6) is 0 Å². The lowest BCUT2D eigenvalue weighted by molar-refractivity contribution is 0.573. The molecule has 0 aliphatic heterocycles. The second-order valence-electron chi connectivity index (χ2n) is 3.73. The Kier molecular flexibility index (Phi) is 2.75. The van der Waals surface area contributed by atoms with Gasteiger partial charge in [0.2, 0.25) is 10.9 Å². The van der Waals surface area contributed by atoms with Crippen molar-refractivity contribution in [2.24, 2.45) is 0 Å². The third-order valence-corrected chi connectivity index (χ3v) is 3.33. The first-order valence-electron chi connectivity index (χ1n) is 4.78. The summed E-state index contributed by atoms with van der Waals surface area (Å²) in [5.41, 5.74) is 2.41. The van der Waals surface area contributed by atoms with Crippen molar-refractivity contribution in [1.29, 1.82) is 0 Å². The van der Waals surface area contributed by atoms with Crippen LogP contribution < -0.4 is 4.72 Å². The molecule has 1 unspecified atom stereocenters. The molecule has 1 aromatic rings. The van der Waals surface area contributed by atoms with E-state index in [-0.39, 0.29) is 11.9 Å². The molecular weight excluding hydrogens is 217 g/mol. The highest BCUT2D eigenvalue weighted by Crippen LogP contribution is 2.35. The standard InChI is InChI=1S/C10H12FNO2S/c1-6-2-4-8(11)7-3-5-9(10(6)7)12-15(13)14/h2,4,9,15H,3,5H2,1H3,(H,12,13,14). The van der Waals surface area contributed by atoms with E-state index in [9.17, 15) is 12.8 Å². The maximum absolute atomic E-state index is 13.4. The quantitative estimate of drug-likeness (QED) is 0.749. The van der Waals surface area contributed by atoms with Gasteiger partial charge in [-0.25, -0.2) is 17.5 Å². The number of benzene rings is 1. The largest absolute Gasteiger partial charge is 0.215 e. The van der Waals surface area contributed by atoms with Gasteiger partial charge in [0.05, 0.1) is 0 Å². The molecule has 0 bridgehead atoms. The van der Waals surface area contributed by atoms with Gasteiger partial charge in [-0.15, -0.1) is 0 Å². The van der Waals surface area contributed by atoms with Gasteiger partial charge >= 0.3 is 0 Å². The lowest BCUT2D eigenvalue weighted by Gasteiger charge is -2.12. The predicted octanol–water partition coefficient (Wildman–Crippen LogP) is 1.24. The zero-order chi connectivity index (χ0) is 11.0. The summed E-state index contributed by atoms with van der Waals surface area (Å²) < 4.78 is 37.0. The van der Waals surface area contributed by atoms with Crippen LogP contribution in [0.1, 0.15) is 29.2 Å². The number of nitrogens with one attached hydrogen (secondary N) is 1. The molecule has 0 radical (unpaired) electrons. The highest BCUT2D eigenvalue weighted by molar-refractivity contribution is 7.70. The first-order chi connectivity index (χ1) is 7.09. The van der Waals surface area contributed by atoms with E-state index >= 15 is 0 Å². The number of fused-ring (bicyclic) bond motifs is 1. The molecule has 1 aliphatic carbocycles. The molecule has 0 fully saturated rings. The monoisotopic (exact) mass is 229 g/mol. The minimum absolute atomic E-state index is 0.235. The van der Waals surface area contributed by atoms with E-state index in [0.29, 0.717) is 18.4 Å². The molecule has 0 saturated carbocycles. The van der Waals surface area contributed by atoms with Crippen LogP contribution in [0.25, 0.3) is 0 Å². The Morgan fingerprint density at radius 3 is 2.87 bits per heavy atom. The Hall–Kier alpha value is -0.940. The molecule has 3 nitrogen and oxygen atoms in total. The summed E-state index contributed by atoms with van der Waals surface area (Å²) in [6, 6.07) is 2.87. The number of thiol groups is 1. The topological polar surface area (TPSA) is 46.2 Å². The lowest BCUT2D eigenvalue weighted by atomic mass is 10.0. The lowest BCUT2D eigenvalue weighted by Crippen LogP contribution is -2.17. The van der Waals surface area contributed by atoms with Crippen LogP contribution in [0.15, 0.2) is 12.1 Å². The van der Waals surface area contributed by atoms with Crippen LogP contribution >= 0.6 is 0 Å². The molecule has 2 rings (SSSR count). The first-order valence-corrected chi connectivity index (χ1v) is 5.96. The number of rotatable bonds is 2. The van der Waals surface area contributed by atoms with E-state index in [4.69, 9.17) is 0 Å². The fourth-order valence-electron chi connectivity index (χ4n) is 2.18. The molecule has 0 saturated heterocycles. The Balaban J connectivity index is 2.45. The van der Waals surface area contributed by atoms with Crippen molar-refractivity contribution in [3.05, 3.63) is 34.6 Å². The number of hydrogen-bond donors (Lipinski definition) is 2. The number of aryl methyl sites for hydroxylation is 1. The van der Waals surface area contributed by atoms with E-state index < -0.39 is 10.9 Å². The molecule has 82 valence electrons. The highest BCUT2D eigenvalue weighted by atomic mass is 32.2. The van der Waals surface area contributed by atoms with Gasteiger partial charge in [0, 0.05) is 6.04 Å². The third-order valence-electron chi connectivity index (χ3n) is 2.81. The van der Waals surface area contributed by atoms with E-state index in [1.165, 1.54) is 6.07 Å².